The van der Waals surface area contributed by atoms with Gasteiger partial charge in [0, 0.05) is 36.6 Å². The number of rotatable bonds is 4. The smallest absolute Gasteiger partial charge is 0.224 e. The number of ether oxygens (including phenoxy) is 1. The van der Waals surface area contributed by atoms with Crippen molar-refractivity contribution in [2.24, 2.45) is 16.6 Å². The maximum atomic E-state index is 14.6. The maximum Gasteiger partial charge on any atom is 0.224 e. The van der Waals surface area contributed by atoms with Crippen LogP contribution in [0.2, 0.25) is 0 Å². The number of fused-ring (bicyclic) bond motifs is 1. The van der Waals surface area contributed by atoms with Gasteiger partial charge in [-0.2, -0.15) is 0 Å². The van der Waals surface area contributed by atoms with Crippen molar-refractivity contribution in [3.05, 3.63) is 65.2 Å². The van der Waals surface area contributed by atoms with Crippen LogP contribution in [0.25, 0.3) is 0 Å². The average molecular weight is 460 g/mol. The molecule has 1 heterocycles. The van der Waals surface area contributed by atoms with Crippen molar-refractivity contribution in [2.45, 2.75) is 43.0 Å². The lowest BCUT2D eigenvalue weighted by Crippen LogP contribution is -2.50. The highest BCUT2D eigenvalue weighted by Crippen LogP contribution is 2.47. The molecule has 2 aromatic carbocycles. The molecule has 2 aliphatic rings. The highest BCUT2D eigenvalue weighted by Gasteiger charge is 2.43. The summed E-state index contributed by atoms with van der Waals surface area (Å²) in [5.74, 6) is -0.731. The third-order valence-electron chi connectivity index (χ3n) is 6.08. The van der Waals surface area contributed by atoms with Crippen molar-refractivity contribution in [1.82, 2.24) is 5.32 Å². The molecule has 2 aromatic rings. The molecule has 4 rings (SSSR count). The van der Waals surface area contributed by atoms with Crippen molar-refractivity contribution in [1.29, 1.82) is 0 Å². The quantitative estimate of drug-likeness (QED) is 0.405. The Morgan fingerprint density at radius 3 is 2.84 bits per heavy atom. The normalized spacial score (nSPS) is 25.6. The SMILES string of the molecule is C/N=C(\SC1(NC(=O)[C@@H]2CCC[C@H](N)C2)CCOc2ccccc21)c1cc(F)ccc1F. The molecule has 170 valence electrons. The largest absolute Gasteiger partial charge is 0.493 e. The standard InChI is InChI=1S/C24H27F2N3O2S/c1-28-23(18-14-16(25)9-10-20(18)26)32-24(11-12-31-21-8-3-2-7-19(21)24)29-22(30)15-5-4-6-17(27)13-15/h2-3,7-10,14-15,17H,4-6,11-13,27H2,1H3,(H,29,30)/b28-23-/t15-,17+,24?/m1/s1. The van der Waals surface area contributed by atoms with E-state index in [-0.39, 0.29) is 23.4 Å². The lowest BCUT2D eigenvalue weighted by atomic mass is 9.85. The van der Waals surface area contributed by atoms with Crippen LogP contribution in [0.15, 0.2) is 47.5 Å². The van der Waals surface area contributed by atoms with Gasteiger partial charge in [-0.1, -0.05) is 36.4 Å². The van der Waals surface area contributed by atoms with Gasteiger partial charge in [0.2, 0.25) is 5.91 Å². The molecule has 5 nitrogen and oxygen atoms in total. The summed E-state index contributed by atoms with van der Waals surface area (Å²) >= 11 is 1.23. The van der Waals surface area contributed by atoms with Gasteiger partial charge in [0.1, 0.15) is 27.3 Å². The fraction of sp³-hybridized carbons (Fsp3) is 0.417. The maximum absolute atomic E-state index is 14.6. The molecule has 1 fully saturated rings. The van der Waals surface area contributed by atoms with Gasteiger partial charge in [0.25, 0.3) is 0 Å². The minimum absolute atomic E-state index is 0.0132. The number of thioether (sulfide) groups is 1. The lowest BCUT2D eigenvalue weighted by molar-refractivity contribution is -0.127. The van der Waals surface area contributed by atoms with Gasteiger partial charge >= 0.3 is 0 Å². The third-order valence-corrected chi connectivity index (χ3v) is 7.55. The first kappa shape index (κ1) is 22.7. The molecule has 0 saturated heterocycles. The van der Waals surface area contributed by atoms with E-state index in [4.69, 9.17) is 10.5 Å². The van der Waals surface area contributed by atoms with E-state index in [1.807, 2.05) is 24.3 Å². The number of hydrogen-bond donors (Lipinski definition) is 2. The Kier molecular flexibility index (Phi) is 6.81. The van der Waals surface area contributed by atoms with Crippen LogP contribution in [-0.4, -0.2) is 30.6 Å². The van der Waals surface area contributed by atoms with Crippen LogP contribution in [-0.2, 0) is 9.67 Å². The first-order chi connectivity index (χ1) is 15.4. The molecule has 32 heavy (non-hydrogen) atoms. The number of aliphatic imine (C=N–C) groups is 1. The topological polar surface area (TPSA) is 76.7 Å². The molecule has 8 heteroatoms. The van der Waals surface area contributed by atoms with E-state index < -0.39 is 16.5 Å². The van der Waals surface area contributed by atoms with Crippen molar-refractivity contribution in [3.8, 4) is 5.75 Å². The predicted octanol–water partition coefficient (Wildman–Crippen LogP) is 4.34. The average Bonchev–Trinajstić information content (AvgIpc) is 2.79. The van der Waals surface area contributed by atoms with Crippen LogP contribution in [0, 0.1) is 17.6 Å². The summed E-state index contributed by atoms with van der Waals surface area (Å²) in [6, 6.07) is 10.8. The summed E-state index contributed by atoms with van der Waals surface area (Å²) < 4.78 is 34.3. The van der Waals surface area contributed by atoms with Gasteiger partial charge in [-0.05, 0) is 43.5 Å². The fourth-order valence-electron chi connectivity index (χ4n) is 4.44. The van der Waals surface area contributed by atoms with E-state index in [2.05, 4.69) is 10.3 Å². The van der Waals surface area contributed by atoms with Gasteiger partial charge in [-0.25, -0.2) is 8.78 Å². The molecule has 0 bridgehead atoms. The number of carbonyl (C=O) groups excluding carboxylic acids is 1. The molecule has 1 saturated carbocycles. The molecule has 3 atom stereocenters. The Morgan fingerprint density at radius 2 is 2.06 bits per heavy atom. The van der Waals surface area contributed by atoms with Crippen molar-refractivity contribution >= 4 is 22.7 Å². The van der Waals surface area contributed by atoms with E-state index in [1.54, 1.807) is 0 Å². The molecule has 0 aromatic heterocycles. The number of nitrogens with one attached hydrogen (secondary N) is 1. The fourth-order valence-corrected chi connectivity index (χ4v) is 5.74. The van der Waals surface area contributed by atoms with E-state index in [1.165, 1.54) is 18.8 Å². The summed E-state index contributed by atoms with van der Waals surface area (Å²) in [7, 11) is 1.54. The zero-order valence-corrected chi connectivity index (χ0v) is 18.8. The number of benzene rings is 2. The summed E-state index contributed by atoms with van der Waals surface area (Å²) in [6.07, 6.45) is 3.71. The van der Waals surface area contributed by atoms with Gasteiger partial charge in [-0.3, -0.25) is 9.79 Å². The lowest BCUT2D eigenvalue weighted by Gasteiger charge is -2.40. The monoisotopic (exact) mass is 459 g/mol. The second-order valence-electron chi connectivity index (χ2n) is 8.29. The molecule has 0 radical (unpaired) electrons. The van der Waals surface area contributed by atoms with E-state index in [0.29, 0.717) is 30.2 Å². The molecular weight excluding hydrogens is 432 g/mol. The Labute approximate surface area is 190 Å². The Hall–Kier alpha value is -2.45. The molecule has 1 aliphatic carbocycles. The molecule has 1 aliphatic heterocycles. The Balaban J connectivity index is 1.72. The Morgan fingerprint density at radius 1 is 1.25 bits per heavy atom. The van der Waals surface area contributed by atoms with Crippen LogP contribution < -0.4 is 15.8 Å². The molecular formula is C24H27F2N3O2S. The number of nitrogens with zero attached hydrogens (tertiary/aromatic N) is 1. The Bertz CT molecular complexity index is 1030. The van der Waals surface area contributed by atoms with Crippen molar-refractivity contribution in [2.75, 3.05) is 13.7 Å². The first-order valence-electron chi connectivity index (χ1n) is 10.8. The summed E-state index contributed by atoms with van der Waals surface area (Å²) in [5.41, 5.74) is 6.96. The van der Waals surface area contributed by atoms with E-state index in [0.717, 1.165) is 43.0 Å². The molecule has 1 amide bonds. The highest BCUT2D eigenvalue weighted by molar-refractivity contribution is 8.15. The third kappa shape index (κ3) is 4.66. The number of hydrogen-bond acceptors (Lipinski definition) is 5. The number of halogens is 2. The van der Waals surface area contributed by atoms with Gasteiger partial charge < -0.3 is 15.8 Å². The molecule has 1 unspecified atom stereocenters. The summed E-state index contributed by atoms with van der Waals surface area (Å²) in [5, 5.41) is 3.54. The summed E-state index contributed by atoms with van der Waals surface area (Å²) in [6.45, 7) is 0.372. The second kappa shape index (κ2) is 9.58. The molecule has 3 N–H and O–H groups in total. The summed E-state index contributed by atoms with van der Waals surface area (Å²) in [4.78, 5) is 16.7. The van der Waals surface area contributed by atoms with Crippen LogP contribution >= 0.6 is 11.8 Å². The van der Waals surface area contributed by atoms with Crippen molar-refractivity contribution in [3.63, 3.8) is 0 Å². The van der Waals surface area contributed by atoms with Gasteiger partial charge in [0.05, 0.1) is 6.61 Å². The first-order valence-corrected chi connectivity index (χ1v) is 11.6. The van der Waals surface area contributed by atoms with E-state index >= 15 is 0 Å². The van der Waals surface area contributed by atoms with E-state index in [9.17, 15) is 13.6 Å². The predicted molar refractivity (Wildman–Crippen MR) is 123 cm³/mol. The minimum Gasteiger partial charge on any atom is -0.493 e. The van der Waals surface area contributed by atoms with Crippen LogP contribution in [0.4, 0.5) is 8.78 Å². The van der Waals surface area contributed by atoms with Crippen LogP contribution in [0.5, 0.6) is 5.75 Å². The molecule has 0 spiro atoms. The second-order valence-corrected chi connectivity index (χ2v) is 9.58. The van der Waals surface area contributed by atoms with Gasteiger partial charge in [-0.15, -0.1) is 0 Å². The zero-order chi connectivity index (χ0) is 22.7. The highest BCUT2D eigenvalue weighted by atomic mass is 32.2. The minimum atomic E-state index is -0.929. The van der Waals surface area contributed by atoms with Crippen LogP contribution in [0.3, 0.4) is 0 Å². The number of amides is 1. The van der Waals surface area contributed by atoms with Crippen LogP contribution in [0.1, 0.15) is 43.2 Å². The number of para-hydroxylation sites is 1. The van der Waals surface area contributed by atoms with Gasteiger partial charge in [0.15, 0.2) is 0 Å². The zero-order valence-electron chi connectivity index (χ0n) is 17.9. The number of carbonyl (C=O) groups is 1. The number of nitrogens with two attached hydrogens (primary N) is 1. The van der Waals surface area contributed by atoms with Crippen molar-refractivity contribution < 1.29 is 18.3 Å².